The monoisotopic (exact) mass is 372 g/mol. The molecule has 0 aromatic rings. The van der Waals surface area contributed by atoms with Crippen LogP contribution in [0.2, 0.25) is 0 Å². The zero-order valence-electron chi connectivity index (χ0n) is 17.7. The van der Waals surface area contributed by atoms with Gasteiger partial charge >= 0.3 is 12.1 Å². The summed E-state index contributed by atoms with van der Waals surface area (Å²) in [5, 5.41) is 5.32. The summed E-state index contributed by atoms with van der Waals surface area (Å²) in [7, 11) is 1.29. The summed E-state index contributed by atoms with van der Waals surface area (Å²) in [6.45, 7) is 15.1. The molecule has 0 saturated carbocycles. The van der Waals surface area contributed by atoms with Gasteiger partial charge in [0.2, 0.25) is 5.91 Å². The zero-order chi connectivity index (χ0) is 20.7. The largest absolute Gasteiger partial charge is 0.467 e. The number of hydrogen-bond donors (Lipinski definition) is 2. The van der Waals surface area contributed by atoms with Gasteiger partial charge in [-0.2, -0.15) is 0 Å². The molecular weight excluding hydrogens is 336 g/mol. The Balaban J connectivity index is 5.19. The van der Waals surface area contributed by atoms with Crippen molar-refractivity contribution >= 4 is 18.0 Å². The highest BCUT2D eigenvalue weighted by Gasteiger charge is 2.31. The number of esters is 1. The molecule has 0 spiro atoms. The number of amides is 2. The highest BCUT2D eigenvalue weighted by molar-refractivity contribution is 5.89. The molecule has 2 amide bonds. The van der Waals surface area contributed by atoms with Crippen LogP contribution in [0.1, 0.15) is 68.2 Å². The standard InChI is InChI=1S/C19H36N2O5/c1-12(2)10-13(21-17(24)26-19(6,7)8)15(22)20-14(16(23)25-9)11-18(3,4)5/h12-14H,10-11H2,1-9H3,(H,20,22)(H,21,24)/t13-,14+/m1/s1. The Morgan fingerprint density at radius 1 is 0.923 bits per heavy atom. The van der Waals surface area contributed by atoms with E-state index >= 15 is 0 Å². The van der Waals surface area contributed by atoms with E-state index in [0.717, 1.165) is 0 Å². The molecule has 0 radical (unpaired) electrons. The van der Waals surface area contributed by atoms with Gasteiger partial charge in [0.15, 0.2) is 0 Å². The van der Waals surface area contributed by atoms with Crippen molar-refractivity contribution in [1.82, 2.24) is 10.6 Å². The van der Waals surface area contributed by atoms with Crippen molar-refractivity contribution < 1.29 is 23.9 Å². The lowest BCUT2D eigenvalue weighted by atomic mass is 9.88. The van der Waals surface area contributed by atoms with E-state index in [9.17, 15) is 14.4 Å². The second kappa shape index (κ2) is 9.78. The summed E-state index contributed by atoms with van der Waals surface area (Å²) < 4.78 is 10.0. The molecule has 0 aliphatic carbocycles. The van der Waals surface area contributed by atoms with Crippen LogP contribution < -0.4 is 10.6 Å². The lowest BCUT2D eigenvalue weighted by Gasteiger charge is -2.28. The number of methoxy groups -OCH3 is 1. The quantitative estimate of drug-likeness (QED) is 0.670. The second-order valence-electron chi connectivity index (χ2n) is 9.18. The molecule has 0 aromatic carbocycles. The lowest BCUT2D eigenvalue weighted by Crippen LogP contribution is -2.53. The predicted molar refractivity (Wildman–Crippen MR) is 101 cm³/mol. The predicted octanol–water partition coefficient (Wildman–Crippen LogP) is 3.02. The summed E-state index contributed by atoms with van der Waals surface area (Å²) in [5.74, 6) is -0.766. The Kier molecular flexibility index (Phi) is 9.11. The Hall–Kier alpha value is -1.79. The minimum atomic E-state index is -0.794. The van der Waals surface area contributed by atoms with Crippen LogP contribution in [0.25, 0.3) is 0 Å². The maximum absolute atomic E-state index is 12.7. The number of hydrogen-bond acceptors (Lipinski definition) is 5. The molecule has 2 atom stereocenters. The molecule has 0 aliphatic rings. The molecule has 26 heavy (non-hydrogen) atoms. The van der Waals surface area contributed by atoms with Gasteiger partial charge in [0.05, 0.1) is 7.11 Å². The third kappa shape index (κ3) is 10.9. The van der Waals surface area contributed by atoms with Crippen LogP contribution in [0.4, 0.5) is 4.79 Å². The first kappa shape index (κ1) is 24.2. The fraction of sp³-hybridized carbons (Fsp3) is 0.842. The van der Waals surface area contributed by atoms with Crippen LogP contribution in [-0.4, -0.2) is 42.8 Å². The number of alkyl carbamates (subject to hydrolysis) is 1. The zero-order valence-corrected chi connectivity index (χ0v) is 17.7. The van der Waals surface area contributed by atoms with Gasteiger partial charge in [-0.1, -0.05) is 34.6 Å². The van der Waals surface area contributed by atoms with Gasteiger partial charge in [-0.15, -0.1) is 0 Å². The van der Waals surface area contributed by atoms with Crippen LogP contribution in [-0.2, 0) is 19.1 Å². The number of carbonyl (C=O) groups is 3. The van der Waals surface area contributed by atoms with Crippen LogP contribution in [0.5, 0.6) is 0 Å². The van der Waals surface area contributed by atoms with Crippen molar-refractivity contribution in [3.05, 3.63) is 0 Å². The van der Waals surface area contributed by atoms with Crippen molar-refractivity contribution in [3.63, 3.8) is 0 Å². The minimum Gasteiger partial charge on any atom is -0.467 e. The molecule has 0 rings (SSSR count). The summed E-state index contributed by atoms with van der Waals surface area (Å²) in [5.41, 5.74) is -0.845. The van der Waals surface area contributed by atoms with Crippen molar-refractivity contribution in [2.75, 3.05) is 7.11 Å². The molecule has 0 fully saturated rings. The minimum absolute atomic E-state index is 0.167. The fourth-order valence-corrected chi connectivity index (χ4v) is 2.37. The fourth-order valence-electron chi connectivity index (χ4n) is 2.37. The SMILES string of the molecule is COC(=O)[C@H](CC(C)(C)C)NC(=O)[C@@H](CC(C)C)NC(=O)OC(C)(C)C. The van der Waals surface area contributed by atoms with Crippen LogP contribution in [0, 0.1) is 11.3 Å². The van der Waals surface area contributed by atoms with E-state index in [0.29, 0.717) is 12.8 Å². The average Bonchev–Trinajstić information content (AvgIpc) is 2.40. The molecule has 0 unspecified atom stereocenters. The van der Waals surface area contributed by atoms with Gasteiger partial charge in [0.25, 0.3) is 0 Å². The smallest absolute Gasteiger partial charge is 0.408 e. The van der Waals surface area contributed by atoms with Gasteiger partial charge < -0.3 is 20.1 Å². The van der Waals surface area contributed by atoms with Crippen molar-refractivity contribution in [2.24, 2.45) is 11.3 Å². The summed E-state index contributed by atoms with van der Waals surface area (Å²) >= 11 is 0. The molecule has 7 heteroatoms. The van der Waals surface area contributed by atoms with Gasteiger partial charge in [0.1, 0.15) is 17.7 Å². The van der Waals surface area contributed by atoms with Crippen molar-refractivity contribution in [2.45, 2.75) is 85.9 Å². The Labute approximate surface area is 157 Å². The highest BCUT2D eigenvalue weighted by atomic mass is 16.6. The van der Waals surface area contributed by atoms with Crippen molar-refractivity contribution in [3.8, 4) is 0 Å². The van der Waals surface area contributed by atoms with E-state index in [1.807, 2.05) is 34.6 Å². The van der Waals surface area contributed by atoms with E-state index in [2.05, 4.69) is 10.6 Å². The van der Waals surface area contributed by atoms with E-state index in [4.69, 9.17) is 9.47 Å². The lowest BCUT2D eigenvalue weighted by molar-refractivity contribution is -0.146. The number of rotatable bonds is 7. The first-order valence-corrected chi connectivity index (χ1v) is 9.02. The van der Waals surface area contributed by atoms with Gasteiger partial charge in [-0.3, -0.25) is 4.79 Å². The van der Waals surface area contributed by atoms with Gasteiger partial charge in [-0.25, -0.2) is 9.59 Å². The third-order valence-corrected chi connectivity index (χ3v) is 3.33. The summed E-state index contributed by atoms with van der Waals surface area (Å²) in [4.78, 5) is 36.8. The molecule has 2 N–H and O–H groups in total. The van der Waals surface area contributed by atoms with E-state index in [1.165, 1.54) is 7.11 Å². The molecule has 0 bridgehead atoms. The Morgan fingerprint density at radius 2 is 1.46 bits per heavy atom. The number of nitrogens with one attached hydrogen (secondary N) is 2. The Morgan fingerprint density at radius 3 is 1.85 bits per heavy atom. The highest BCUT2D eigenvalue weighted by Crippen LogP contribution is 2.21. The molecular formula is C19H36N2O5. The van der Waals surface area contributed by atoms with Gasteiger partial charge in [0, 0.05) is 0 Å². The first-order chi connectivity index (χ1) is 11.6. The third-order valence-electron chi connectivity index (χ3n) is 3.33. The van der Waals surface area contributed by atoms with Crippen LogP contribution in [0.15, 0.2) is 0 Å². The maximum Gasteiger partial charge on any atom is 0.408 e. The number of ether oxygens (including phenoxy) is 2. The molecule has 0 heterocycles. The van der Waals surface area contributed by atoms with E-state index in [-0.39, 0.29) is 11.3 Å². The second-order valence-corrected chi connectivity index (χ2v) is 9.18. The molecule has 0 aliphatic heterocycles. The van der Waals surface area contributed by atoms with Gasteiger partial charge in [-0.05, 0) is 44.9 Å². The van der Waals surface area contributed by atoms with E-state index in [1.54, 1.807) is 20.8 Å². The van der Waals surface area contributed by atoms with Crippen LogP contribution in [0.3, 0.4) is 0 Å². The maximum atomic E-state index is 12.7. The normalized spacial score (nSPS) is 14.4. The average molecular weight is 373 g/mol. The molecule has 0 saturated heterocycles. The number of carbonyl (C=O) groups excluding carboxylic acids is 3. The molecule has 152 valence electrons. The van der Waals surface area contributed by atoms with Crippen LogP contribution >= 0.6 is 0 Å². The Bertz CT molecular complexity index is 489. The summed E-state index contributed by atoms with van der Waals surface area (Å²) in [6.07, 6.45) is 0.185. The van der Waals surface area contributed by atoms with E-state index < -0.39 is 35.7 Å². The molecule has 0 aromatic heterocycles. The molecule has 7 nitrogen and oxygen atoms in total. The topological polar surface area (TPSA) is 93.7 Å². The first-order valence-electron chi connectivity index (χ1n) is 9.02. The van der Waals surface area contributed by atoms with Crippen molar-refractivity contribution in [1.29, 1.82) is 0 Å². The summed E-state index contributed by atoms with van der Waals surface area (Å²) in [6, 6.07) is -1.57.